The number of para-hydroxylation sites is 2. The zero-order chi connectivity index (χ0) is 15.5. The summed E-state index contributed by atoms with van der Waals surface area (Å²) in [6.45, 7) is 5.69. The van der Waals surface area contributed by atoms with Crippen LogP contribution in [0, 0.1) is 0 Å². The highest BCUT2D eigenvalue weighted by Crippen LogP contribution is 2.19. The van der Waals surface area contributed by atoms with E-state index in [0.717, 1.165) is 56.8 Å². The van der Waals surface area contributed by atoms with Crippen molar-refractivity contribution in [2.24, 2.45) is 7.05 Å². The number of nitrogens with zero attached hydrogens (tertiary/aromatic N) is 4. The number of carbonyl (C=O) groups excluding carboxylic acids is 1. The molecular formula is C17H24N4O. The van der Waals surface area contributed by atoms with Crippen molar-refractivity contribution in [3.63, 3.8) is 0 Å². The van der Waals surface area contributed by atoms with Crippen molar-refractivity contribution in [2.45, 2.75) is 32.4 Å². The highest BCUT2D eigenvalue weighted by atomic mass is 16.1. The normalized spacial score (nSPS) is 19.5. The molecule has 0 aliphatic carbocycles. The summed E-state index contributed by atoms with van der Waals surface area (Å²) in [5.41, 5.74) is 2.23. The maximum absolute atomic E-state index is 11.2. The Kier molecular flexibility index (Phi) is 4.43. The molecule has 1 saturated heterocycles. The fraction of sp³-hybridized carbons (Fsp3) is 0.529. The highest BCUT2D eigenvalue weighted by Gasteiger charge is 2.24. The lowest BCUT2D eigenvalue weighted by Crippen LogP contribution is -2.47. The van der Waals surface area contributed by atoms with Gasteiger partial charge in [-0.1, -0.05) is 12.1 Å². The van der Waals surface area contributed by atoms with Gasteiger partial charge in [0.15, 0.2) is 0 Å². The molecule has 2 heterocycles. The van der Waals surface area contributed by atoms with Crippen LogP contribution in [0.4, 0.5) is 0 Å². The van der Waals surface area contributed by atoms with Crippen molar-refractivity contribution in [3.8, 4) is 0 Å². The van der Waals surface area contributed by atoms with E-state index in [1.54, 1.807) is 0 Å². The van der Waals surface area contributed by atoms with Gasteiger partial charge in [-0.05, 0) is 38.4 Å². The van der Waals surface area contributed by atoms with Crippen molar-refractivity contribution >= 4 is 17.4 Å². The summed E-state index contributed by atoms with van der Waals surface area (Å²) in [7, 11) is 2.08. The molecule has 1 aromatic carbocycles. The number of hydrogen-bond acceptors (Lipinski definition) is 3. The first kappa shape index (κ1) is 15.0. The molecule has 0 radical (unpaired) electrons. The Balaban J connectivity index is 1.74. The molecule has 0 unspecified atom stereocenters. The molecule has 0 N–H and O–H groups in total. The molecule has 1 aromatic heterocycles. The van der Waals surface area contributed by atoms with E-state index >= 15 is 0 Å². The lowest BCUT2D eigenvalue weighted by molar-refractivity contribution is -0.121. The summed E-state index contributed by atoms with van der Waals surface area (Å²) >= 11 is 0. The zero-order valence-corrected chi connectivity index (χ0v) is 13.4. The Labute approximate surface area is 131 Å². The van der Waals surface area contributed by atoms with Gasteiger partial charge >= 0.3 is 0 Å². The molecule has 1 amide bonds. The molecule has 1 aliphatic heterocycles. The molecule has 2 aromatic rings. The van der Waals surface area contributed by atoms with Crippen LogP contribution in [0.3, 0.4) is 0 Å². The van der Waals surface area contributed by atoms with Crippen LogP contribution < -0.4 is 0 Å². The molecule has 0 spiro atoms. The summed E-state index contributed by atoms with van der Waals surface area (Å²) in [5, 5.41) is 0. The molecule has 0 bridgehead atoms. The van der Waals surface area contributed by atoms with Gasteiger partial charge in [0.05, 0.1) is 17.6 Å². The van der Waals surface area contributed by atoms with Gasteiger partial charge in [-0.3, -0.25) is 9.69 Å². The predicted octanol–water partition coefficient (Wildman–Crippen LogP) is 2.02. The van der Waals surface area contributed by atoms with Crippen molar-refractivity contribution in [1.82, 2.24) is 19.4 Å². The first-order valence-corrected chi connectivity index (χ1v) is 8.06. The van der Waals surface area contributed by atoms with Crippen molar-refractivity contribution in [2.75, 3.05) is 19.6 Å². The molecule has 5 nitrogen and oxygen atoms in total. The summed E-state index contributed by atoms with van der Waals surface area (Å²) < 4.78 is 2.18. The highest BCUT2D eigenvalue weighted by molar-refractivity contribution is 5.75. The number of likely N-dealkylation sites (tertiary alicyclic amines) is 1. The zero-order valence-electron chi connectivity index (χ0n) is 13.4. The average Bonchev–Trinajstić information content (AvgIpc) is 2.86. The third kappa shape index (κ3) is 2.86. The minimum Gasteiger partial charge on any atom is -0.341 e. The largest absolute Gasteiger partial charge is 0.341 e. The summed E-state index contributed by atoms with van der Waals surface area (Å²) in [4.78, 5) is 20.3. The molecule has 1 fully saturated rings. The van der Waals surface area contributed by atoms with Crippen LogP contribution in [0.15, 0.2) is 24.3 Å². The second-order valence-corrected chi connectivity index (χ2v) is 6.04. The SMILES string of the molecule is CCN(C=O)[C@H]1CCCN(Cc2nc3ccccc3n2C)C1. The number of likely N-dealkylation sites (N-methyl/N-ethyl adjacent to an activating group) is 1. The number of benzene rings is 1. The van der Waals surface area contributed by atoms with Gasteiger partial charge in [-0.15, -0.1) is 0 Å². The number of carbonyl (C=O) groups is 1. The quantitative estimate of drug-likeness (QED) is 0.793. The van der Waals surface area contributed by atoms with Crippen LogP contribution in [0.5, 0.6) is 0 Å². The maximum atomic E-state index is 11.2. The van der Waals surface area contributed by atoms with Gasteiger partial charge in [-0.25, -0.2) is 4.98 Å². The number of amides is 1. The smallest absolute Gasteiger partial charge is 0.209 e. The number of aromatic nitrogens is 2. The van der Waals surface area contributed by atoms with Gasteiger partial charge in [0.1, 0.15) is 5.82 Å². The number of hydrogen-bond donors (Lipinski definition) is 0. The van der Waals surface area contributed by atoms with E-state index in [1.807, 2.05) is 24.0 Å². The van der Waals surface area contributed by atoms with Crippen LogP contribution >= 0.6 is 0 Å². The molecule has 1 aliphatic rings. The first-order chi connectivity index (χ1) is 10.7. The standard InChI is InChI=1S/C17H24N4O/c1-3-21(13-22)14-7-6-10-20(11-14)12-17-18-15-8-4-5-9-16(15)19(17)2/h4-5,8-9,13-14H,3,6-7,10-12H2,1-2H3/t14-/m0/s1. The number of piperidine rings is 1. The average molecular weight is 300 g/mol. The van der Waals surface area contributed by atoms with Gasteiger partial charge in [0.2, 0.25) is 6.41 Å². The lowest BCUT2D eigenvalue weighted by Gasteiger charge is -2.37. The number of aryl methyl sites for hydroxylation is 1. The Bertz CT molecular complexity index is 651. The monoisotopic (exact) mass is 300 g/mol. The minimum atomic E-state index is 0.339. The van der Waals surface area contributed by atoms with Crippen molar-refractivity contribution in [3.05, 3.63) is 30.1 Å². The second-order valence-electron chi connectivity index (χ2n) is 6.04. The Morgan fingerprint density at radius 1 is 1.41 bits per heavy atom. The molecule has 118 valence electrons. The van der Waals surface area contributed by atoms with Gasteiger partial charge in [-0.2, -0.15) is 0 Å². The van der Waals surface area contributed by atoms with E-state index in [2.05, 4.69) is 28.6 Å². The van der Waals surface area contributed by atoms with Gasteiger partial charge in [0, 0.05) is 26.2 Å². The topological polar surface area (TPSA) is 41.4 Å². The third-order valence-electron chi connectivity index (χ3n) is 4.69. The Morgan fingerprint density at radius 2 is 2.23 bits per heavy atom. The summed E-state index contributed by atoms with van der Waals surface area (Å²) in [6.07, 6.45) is 3.23. The predicted molar refractivity (Wildman–Crippen MR) is 87.5 cm³/mol. The minimum absolute atomic E-state index is 0.339. The summed E-state index contributed by atoms with van der Waals surface area (Å²) in [5.74, 6) is 1.09. The van der Waals surface area contributed by atoms with E-state index in [9.17, 15) is 4.79 Å². The maximum Gasteiger partial charge on any atom is 0.209 e. The van der Waals surface area contributed by atoms with Crippen LogP contribution in [-0.4, -0.2) is 51.4 Å². The molecule has 1 atom stereocenters. The van der Waals surface area contributed by atoms with E-state index in [0.29, 0.717) is 6.04 Å². The summed E-state index contributed by atoms with van der Waals surface area (Å²) in [6, 6.07) is 8.58. The second kappa shape index (κ2) is 6.48. The number of rotatable bonds is 5. The fourth-order valence-corrected chi connectivity index (χ4v) is 3.40. The van der Waals surface area contributed by atoms with E-state index in [1.165, 1.54) is 5.52 Å². The lowest BCUT2D eigenvalue weighted by atomic mass is 10.0. The van der Waals surface area contributed by atoms with E-state index in [-0.39, 0.29) is 0 Å². The number of fused-ring (bicyclic) bond motifs is 1. The Morgan fingerprint density at radius 3 is 2.95 bits per heavy atom. The van der Waals surface area contributed by atoms with E-state index < -0.39 is 0 Å². The van der Waals surface area contributed by atoms with E-state index in [4.69, 9.17) is 4.98 Å². The van der Waals surface area contributed by atoms with Crippen LogP contribution in [0.1, 0.15) is 25.6 Å². The van der Waals surface area contributed by atoms with Crippen LogP contribution in [0.25, 0.3) is 11.0 Å². The molecule has 0 saturated carbocycles. The van der Waals surface area contributed by atoms with Crippen molar-refractivity contribution < 1.29 is 4.79 Å². The third-order valence-corrected chi connectivity index (χ3v) is 4.69. The molecular weight excluding hydrogens is 276 g/mol. The fourth-order valence-electron chi connectivity index (χ4n) is 3.40. The number of imidazole rings is 1. The van der Waals surface area contributed by atoms with Crippen molar-refractivity contribution in [1.29, 1.82) is 0 Å². The molecule has 5 heteroatoms. The molecule has 3 rings (SSSR count). The Hall–Kier alpha value is -1.88. The van der Waals surface area contributed by atoms with Gasteiger partial charge in [0.25, 0.3) is 0 Å². The van der Waals surface area contributed by atoms with Gasteiger partial charge < -0.3 is 9.47 Å². The first-order valence-electron chi connectivity index (χ1n) is 8.06. The molecule has 22 heavy (non-hydrogen) atoms. The van der Waals surface area contributed by atoms with Crippen LogP contribution in [0.2, 0.25) is 0 Å². The van der Waals surface area contributed by atoms with Crippen LogP contribution in [-0.2, 0) is 18.4 Å².